The molecule has 1 saturated heterocycles. The minimum Gasteiger partial charge on any atom is -0.399 e. The van der Waals surface area contributed by atoms with Crippen LogP contribution in [0.1, 0.15) is 19.8 Å². The maximum atomic E-state index is 5.71. The first-order valence-electron chi connectivity index (χ1n) is 5.00. The Morgan fingerprint density at radius 2 is 2.29 bits per heavy atom. The molecule has 0 spiro atoms. The molecule has 1 atom stereocenters. The molecule has 0 amide bonds. The number of rotatable bonds is 1. The third-order valence-electron chi connectivity index (χ3n) is 2.83. The zero-order valence-electron chi connectivity index (χ0n) is 8.33. The van der Waals surface area contributed by atoms with Gasteiger partial charge in [0.05, 0.1) is 5.69 Å². The molecule has 76 valence electrons. The van der Waals surface area contributed by atoms with Crippen molar-refractivity contribution >= 4 is 27.3 Å². The molecule has 14 heavy (non-hydrogen) atoms. The smallest absolute Gasteiger partial charge is 0.0514 e. The van der Waals surface area contributed by atoms with Crippen LogP contribution in [0.2, 0.25) is 0 Å². The summed E-state index contributed by atoms with van der Waals surface area (Å²) in [6, 6.07) is 6.68. The molecule has 3 heteroatoms. The highest BCUT2D eigenvalue weighted by Gasteiger charge is 2.21. The number of nitrogen functional groups attached to an aromatic ring is 1. The molecule has 1 aromatic rings. The van der Waals surface area contributed by atoms with Crippen molar-refractivity contribution in [3.05, 3.63) is 22.7 Å². The Morgan fingerprint density at radius 3 is 2.86 bits per heavy atom. The maximum Gasteiger partial charge on any atom is 0.0514 e. The van der Waals surface area contributed by atoms with Crippen molar-refractivity contribution in [1.82, 2.24) is 0 Å². The number of anilines is 2. The molecule has 2 rings (SSSR count). The summed E-state index contributed by atoms with van der Waals surface area (Å²) in [6.45, 7) is 3.43. The lowest BCUT2D eigenvalue weighted by Crippen LogP contribution is -2.26. The molecule has 1 heterocycles. The Bertz CT molecular complexity index is 338. The quantitative estimate of drug-likeness (QED) is 0.781. The summed E-state index contributed by atoms with van der Waals surface area (Å²) < 4.78 is 1.10. The Kier molecular flexibility index (Phi) is 2.68. The van der Waals surface area contributed by atoms with Crippen LogP contribution in [0.25, 0.3) is 0 Å². The standard InChI is InChI=1S/C11H15BrN2/c1-8-3-2-6-14(8)11-5-4-9(13)7-10(11)12/h4-5,7-8H,2-3,6,13H2,1H3. The molecule has 1 aliphatic heterocycles. The van der Waals surface area contributed by atoms with Crippen LogP contribution in [0.5, 0.6) is 0 Å². The van der Waals surface area contributed by atoms with Gasteiger partial charge in [0.15, 0.2) is 0 Å². The summed E-state index contributed by atoms with van der Waals surface area (Å²) in [5, 5.41) is 0. The number of nitrogens with zero attached hydrogens (tertiary/aromatic N) is 1. The van der Waals surface area contributed by atoms with Crippen LogP contribution < -0.4 is 10.6 Å². The Hall–Kier alpha value is -0.700. The lowest BCUT2D eigenvalue weighted by Gasteiger charge is -2.25. The third kappa shape index (κ3) is 1.73. The van der Waals surface area contributed by atoms with Gasteiger partial charge in [-0.3, -0.25) is 0 Å². The zero-order chi connectivity index (χ0) is 10.1. The lowest BCUT2D eigenvalue weighted by molar-refractivity contribution is 0.734. The van der Waals surface area contributed by atoms with Gasteiger partial charge in [-0.2, -0.15) is 0 Å². The van der Waals surface area contributed by atoms with E-state index in [1.54, 1.807) is 0 Å². The van der Waals surface area contributed by atoms with Crippen molar-refractivity contribution in [2.24, 2.45) is 0 Å². The van der Waals surface area contributed by atoms with E-state index >= 15 is 0 Å². The lowest BCUT2D eigenvalue weighted by atomic mass is 10.2. The molecule has 0 saturated carbocycles. The fraction of sp³-hybridized carbons (Fsp3) is 0.455. The van der Waals surface area contributed by atoms with Gasteiger partial charge in [0.1, 0.15) is 0 Å². The van der Waals surface area contributed by atoms with Gasteiger partial charge in [0.25, 0.3) is 0 Å². The van der Waals surface area contributed by atoms with E-state index in [2.05, 4.69) is 33.8 Å². The molecule has 0 aromatic heterocycles. The number of hydrogen-bond donors (Lipinski definition) is 1. The summed E-state index contributed by atoms with van der Waals surface area (Å²) >= 11 is 3.56. The highest BCUT2D eigenvalue weighted by Crippen LogP contribution is 2.33. The number of benzene rings is 1. The van der Waals surface area contributed by atoms with Crippen LogP contribution in [-0.4, -0.2) is 12.6 Å². The zero-order valence-corrected chi connectivity index (χ0v) is 9.92. The van der Waals surface area contributed by atoms with E-state index in [0.29, 0.717) is 6.04 Å². The molecule has 2 nitrogen and oxygen atoms in total. The third-order valence-corrected chi connectivity index (χ3v) is 3.47. The molecule has 1 fully saturated rings. The number of halogens is 1. The van der Waals surface area contributed by atoms with Crippen molar-refractivity contribution in [2.75, 3.05) is 17.2 Å². The van der Waals surface area contributed by atoms with Crippen LogP contribution in [0.3, 0.4) is 0 Å². The second kappa shape index (κ2) is 3.81. The first kappa shape index (κ1) is 9.84. The normalized spacial score (nSPS) is 21.6. The van der Waals surface area contributed by atoms with E-state index in [-0.39, 0.29) is 0 Å². The average molecular weight is 255 g/mol. The predicted octanol–water partition coefficient (Wildman–Crippen LogP) is 3.02. The Balaban J connectivity index is 2.31. The van der Waals surface area contributed by atoms with Gasteiger partial charge in [0.2, 0.25) is 0 Å². The van der Waals surface area contributed by atoms with Gasteiger partial charge in [-0.05, 0) is 53.9 Å². The monoisotopic (exact) mass is 254 g/mol. The van der Waals surface area contributed by atoms with Crippen LogP contribution in [-0.2, 0) is 0 Å². The summed E-state index contributed by atoms with van der Waals surface area (Å²) in [7, 11) is 0. The molecule has 1 unspecified atom stereocenters. The number of hydrogen-bond acceptors (Lipinski definition) is 2. The molecular formula is C11H15BrN2. The highest BCUT2D eigenvalue weighted by molar-refractivity contribution is 9.10. The van der Waals surface area contributed by atoms with E-state index in [1.807, 2.05) is 12.1 Å². The van der Waals surface area contributed by atoms with Crippen molar-refractivity contribution in [2.45, 2.75) is 25.8 Å². The first-order valence-corrected chi connectivity index (χ1v) is 5.79. The molecular weight excluding hydrogens is 240 g/mol. The van der Waals surface area contributed by atoms with Crippen molar-refractivity contribution < 1.29 is 0 Å². The molecule has 1 aliphatic rings. The van der Waals surface area contributed by atoms with Crippen molar-refractivity contribution in [1.29, 1.82) is 0 Å². The summed E-state index contributed by atoms with van der Waals surface area (Å²) in [6.07, 6.45) is 2.58. The van der Waals surface area contributed by atoms with Gasteiger partial charge < -0.3 is 10.6 Å². The van der Waals surface area contributed by atoms with Gasteiger partial charge in [0, 0.05) is 22.7 Å². The predicted molar refractivity (Wildman–Crippen MR) is 64.6 cm³/mol. The second-order valence-electron chi connectivity index (χ2n) is 3.90. The molecule has 0 radical (unpaired) electrons. The maximum absolute atomic E-state index is 5.71. The van der Waals surface area contributed by atoms with Crippen LogP contribution in [0, 0.1) is 0 Å². The molecule has 2 N–H and O–H groups in total. The fourth-order valence-electron chi connectivity index (χ4n) is 2.05. The summed E-state index contributed by atoms with van der Waals surface area (Å²) in [5.41, 5.74) is 7.79. The van der Waals surface area contributed by atoms with Crippen LogP contribution in [0.15, 0.2) is 22.7 Å². The van der Waals surface area contributed by atoms with Crippen molar-refractivity contribution in [3.8, 4) is 0 Å². The molecule has 1 aromatic carbocycles. The van der Waals surface area contributed by atoms with Crippen LogP contribution >= 0.6 is 15.9 Å². The minimum atomic E-state index is 0.648. The van der Waals surface area contributed by atoms with E-state index in [4.69, 9.17) is 5.73 Å². The molecule has 0 aliphatic carbocycles. The fourth-order valence-corrected chi connectivity index (χ4v) is 2.67. The van der Waals surface area contributed by atoms with Crippen LogP contribution in [0.4, 0.5) is 11.4 Å². The SMILES string of the molecule is CC1CCCN1c1ccc(N)cc1Br. The second-order valence-corrected chi connectivity index (χ2v) is 4.75. The van der Waals surface area contributed by atoms with E-state index in [9.17, 15) is 0 Å². The minimum absolute atomic E-state index is 0.648. The van der Waals surface area contributed by atoms with Gasteiger partial charge >= 0.3 is 0 Å². The van der Waals surface area contributed by atoms with Gasteiger partial charge in [-0.25, -0.2) is 0 Å². The van der Waals surface area contributed by atoms with Crippen molar-refractivity contribution in [3.63, 3.8) is 0 Å². The topological polar surface area (TPSA) is 29.3 Å². The summed E-state index contributed by atoms with van der Waals surface area (Å²) in [5.74, 6) is 0. The summed E-state index contributed by atoms with van der Waals surface area (Å²) in [4.78, 5) is 2.43. The van der Waals surface area contributed by atoms with E-state index < -0.39 is 0 Å². The Labute approximate surface area is 93.2 Å². The average Bonchev–Trinajstić information content (AvgIpc) is 2.52. The highest BCUT2D eigenvalue weighted by atomic mass is 79.9. The largest absolute Gasteiger partial charge is 0.399 e. The number of nitrogens with two attached hydrogens (primary N) is 1. The van der Waals surface area contributed by atoms with Gasteiger partial charge in [-0.1, -0.05) is 0 Å². The first-order chi connectivity index (χ1) is 6.68. The van der Waals surface area contributed by atoms with E-state index in [1.165, 1.54) is 18.5 Å². The Morgan fingerprint density at radius 1 is 1.50 bits per heavy atom. The van der Waals surface area contributed by atoms with Gasteiger partial charge in [-0.15, -0.1) is 0 Å². The van der Waals surface area contributed by atoms with E-state index in [0.717, 1.165) is 16.7 Å². The molecule has 0 bridgehead atoms.